The lowest BCUT2D eigenvalue weighted by molar-refractivity contribution is 0.328. The standard InChI is InChI=1S/C15H18N4O2/c1-2-4-13-11(3-1)10-19(7-8-20-13)15-18-17-14(21-15)9-16-12-5-6-12/h1-4,12,16H,5-10H2. The van der Waals surface area contributed by atoms with Crippen LogP contribution in [0.15, 0.2) is 28.7 Å². The van der Waals surface area contributed by atoms with E-state index in [1.54, 1.807) is 0 Å². The van der Waals surface area contributed by atoms with Gasteiger partial charge in [-0.2, -0.15) is 0 Å². The zero-order valence-electron chi connectivity index (χ0n) is 11.8. The Balaban J connectivity index is 1.47. The number of hydrogen-bond donors (Lipinski definition) is 1. The molecule has 1 aliphatic heterocycles. The van der Waals surface area contributed by atoms with Gasteiger partial charge in [0.1, 0.15) is 12.4 Å². The van der Waals surface area contributed by atoms with E-state index in [2.05, 4.69) is 26.5 Å². The van der Waals surface area contributed by atoms with Crippen molar-refractivity contribution in [2.45, 2.75) is 32.0 Å². The Bertz CT molecular complexity index is 624. The molecule has 0 unspecified atom stereocenters. The Morgan fingerprint density at radius 1 is 1.24 bits per heavy atom. The van der Waals surface area contributed by atoms with Gasteiger partial charge in [-0.15, -0.1) is 5.10 Å². The zero-order chi connectivity index (χ0) is 14.1. The molecule has 0 amide bonds. The highest BCUT2D eigenvalue weighted by Gasteiger charge is 2.23. The first kappa shape index (κ1) is 12.6. The van der Waals surface area contributed by atoms with Crippen molar-refractivity contribution >= 4 is 6.01 Å². The number of ether oxygens (including phenoxy) is 1. The highest BCUT2D eigenvalue weighted by molar-refractivity contribution is 5.39. The highest BCUT2D eigenvalue weighted by Crippen LogP contribution is 2.25. The second-order valence-corrected chi connectivity index (χ2v) is 5.51. The summed E-state index contributed by atoms with van der Waals surface area (Å²) in [5.41, 5.74) is 1.14. The molecule has 1 saturated carbocycles. The third kappa shape index (κ3) is 2.85. The van der Waals surface area contributed by atoms with Crippen LogP contribution in [0, 0.1) is 0 Å². The molecule has 0 spiro atoms. The lowest BCUT2D eigenvalue weighted by atomic mass is 10.2. The molecular weight excluding hydrogens is 268 g/mol. The van der Waals surface area contributed by atoms with Crippen LogP contribution in [0.2, 0.25) is 0 Å². The SMILES string of the molecule is c1ccc2c(c1)CN(c1nnc(CNC3CC3)o1)CCO2. The summed E-state index contributed by atoms with van der Waals surface area (Å²) in [6.45, 7) is 2.74. The van der Waals surface area contributed by atoms with Crippen molar-refractivity contribution in [3.8, 4) is 5.75 Å². The monoisotopic (exact) mass is 286 g/mol. The summed E-state index contributed by atoms with van der Waals surface area (Å²) in [4.78, 5) is 2.07. The molecule has 1 aromatic carbocycles. The summed E-state index contributed by atoms with van der Waals surface area (Å²) in [5.74, 6) is 1.59. The summed E-state index contributed by atoms with van der Waals surface area (Å²) in [6.07, 6.45) is 2.50. The normalized spacial score (nSPS) is 18.0. The molecule has 0 radical (unpaired) electrons. The Hall–Kier alpha value is -2.08. The van der Waals surface area contributed by atoms with Gasteiger partial charge in [-0.05, 0) is 18.9 Å². The van der Waals surface area contributed by atoms with Crippen molar-refractivity contribution in [2.75, 3.05) is 18.1 Å². The quantitative estimate of drug-likeness (QED) is 0.923. The van der Waals surface area contributed by atoms with E-state index in [0.29, 0.717) is 31.1 Å². The Labute approximate surface area is 123 Å². The van der Waals surface area contributed by atoms with Crippen LogP contribution in [0.4, 0.5) is 6.01 Å². The van der Waals surface area contributed by atoms with Gasteiger partial charge in [0.15, 0.2) is 0 Å². The number of nitrogens with zero attached hydrogens (tertiary/aromatic N) is 3. The van der Waals surface area contributed by atoms with Crippen LogP contribution in [0.3, 0.4) is 0 Å². The molecule has 0 bridgehead atoms. The summed E-state index contributed by atoms with van der Waals surface area (Å²) in [5, 5.41) is 11.7. The van der Waals surface area contributed by atoms with Gasteiger partial charge < -0.3 is 19.4 Å². The van der Waals surface area contributed by atoms with Crippen molar-refractivity contribution in [1.82, 2.24) is 15.5 Å². The second-order valence-electron chi connectivity index (χ2n) is 5.51. The van der Waals surface area contributed by atoms with Gasteiger partial charge in [0.2, 0.25) is 5.89 Å². The second kappa shape index (κ2) is 5.37. The molecule has 1 aliphatic carbocycles. The molecule has 6 heteroatoms. The molecule has 110 valence electrons. The molecule has 6 nitrogen and oxygen atoms in total. The molecule has 1 fully saturated rings. The third-order valence-corrected chi connectivity index (χ3v) is 3.80. The maximum Gasteiger partial charge on any atom is 0.318 e. The van der Waals surface area contributed by atoms with E-state index in [0.717, 1.165) is 24.4 Å². The minimum absolute atomic E-state index is 0.572. The van der Waals surface area contributed by atoms with Crippen LogP contribution < -0.4 is 15.0 Å². The lowest BCUT2D eigenvalue weighted by Crippen LogP contribution is -2.25. The van der Waals surface area contributed by atoms with Gasteiger partial charge in [-0.1, -0.05) is 23.3 Å². The smallest absolute Gasteiger partial charge is 0.318 e. The Kier molecular flexibility index (Phi) is 3.23. The molecule has 4 rings (SSSR count). The van der Waals surface area contributed by atoms with Crippen molar-refractivity contribution in [3.63, 3.8) is 0 Å². The molecule has 1 N–H and O–H groups in total. The maximum absolute atomic E-state index is 5.76. The minimum Gasteiger partial charge on any atom is -0.491 e. The number of aromatic nitrogens is 2. The van der Waals surface area contributed by atoms with E-state index in [1.165, 1.54) is 12.8 Å². The number of rotatable bonds is 4. The maximum atomic E-state index is 5.76. The summed E-state index contributed by atoms with van der Waals surface area (Å²) >= 11 is 0. The van der Waals surface area contributed by atoms with Crippen molar-refractivity contribution < 1.29 is 9.15 Å². The Morgan fingerprint density at radius 2 is 2.14 bits per heavy atom. The van der Waals surface area contributed by atoms with Gasteiger partial charge in [-0.3, -0.25) is 0 Å². The number of nitrogens with one attached hydrogen (secondary N) is 1. The van der Waals surface area contributed by atoms with Crippen LogP contribution in [0.5, 0.6) is 5.75 Å². The van der Waals surface area contributed by atoms with Crippen LogP contribution in [-0.4, -0.2) is 29.4 Å². The third-order valence-electron chi connectivity index (χ3n) is 3.80. The van der Waals surface area contributed by atoms with Crippen LogP contribution in [-0.2, 0) is 13.1 Å². The molecule has 2 aromatic rings. The van der Waals surface area contributed by atoms with Crippen LogP contribution in [0.1, 0.15) is 24.3 Å². The summed E-state index contributed by atoms with van der Waals surface area (Å²) in [7, 11) is 0. The predicted molar refractivity (Wildman–Crippen MR) is 77.1 cm³/mol. The minimum atomic E-state index is 0.572. The fourth-order valence-electron chi connectivity index (χ4n) is 2.45. The van der Waals surface area contributed by atoms with Gasteiger partial charge in [0.25, 0.3) is 0 Å². The van der Waals surface area contributed by atoms with Crippen LogP contribution >= 0.6 is 0 Å². The van der Waals surface area contributed by atoms with E-state index in [1.807, 2.05) is 18.2 Å². The predicted octanol–water partition coefficient (Wildman–Crippen LogP) is 1.72. The van der Waals surface area contributed by atoms with Crippen LogP contribution in [0.25, 0.3) is 0 Å². The summed E-state index contributed by atoms with van der Waals surface area (Å²) in [6, 6.07) is 9.28. The molecule has 2 aliphatic rings. The van der Waals surface area contributed by atoms with Gasteiger partial charge in [0, 0.05) is 11.6 Å². The molecule has 0 saturated heterocycles. The number of benzene rings is 1. The van der Waals surface area contributed by atoms with Crippen molar-refractivity contribution in [2.24, 2.45) is 0 Å². The van der Waals surface area contributed by atoms with E-state index >= 15 is 0 Å². The average molecular weight is 286 g/mol. The molecule has 2 heterocycles. The topological polar surface area (TPSA) is 63.4 Å². The van der Waals surface area contributed by atoms with E-state index in [-0.39, 0.29) is 0 Å². The summed E-state index contributed by atoms with van der Waals surface area (Å²) < 4.78 is 11.5. The van der Waals surface area contributed by atoms with Crippen molar-refractivity contribution in [1.29, 1.82) is 0 Å². The highest BCUT2D eigenvalue weighted by atomic mass is 16.5. The number of fused-ring (bicyclic) bond motifs is 1. The van der Waals surface area contributed by atoms with Gasteiger partial charge in [-0.25, -0.2) is 0 Å². The molecule has 21 heavy (non-hydrogen) atoms. The number of para-hydroxylation sites is 1. The fourth-order valence-corrected chi connectivity index (χ4v) is 2.45. The lowest BCUT2D eigenvalue weighted by Gasteiger charge is -2.16. The number of anilines is 1. The van der Waals surface area contributed by atoms with Crippen molar-refractivity contribution in [3.05, 3.63) is 35.7 Å². The molecular formula is C15H18N4O2. The number of hydrogen-bond acceptors (Lipinski definition) is 6. The van der Waals surface area contributed by atoms with E-state index < -0.39 is 0 Å². The van der Waals surface area contributed by atoms with E-state index in [4.69, 9.17) is 9.15 Å². The molecule has 0 atom stereocenters. The Morgan fingerprint density at radius 3 is 3.05 bits per heavy atom. The fraction of sp³-hybridized carbons (Fsp3) is 0.467. The van der Waals surface area contributed by atoms with E-state index in [9.17, 15) is 0 Å². The average Bonchev–Trinajstić information content (AvgIpc) is 3.26. The molecule has 1 aromatic heterocycles. The first-order valence-corrected chi connectivity index (χ1v) is 7.40. The largest absolute Gasteiger partial charge is 0.491 e. The first-order chi connectivity index (χ1) is 10.4. The van der Waals surface area contributed by atoms with Gasteiger partial charge in [0.05, 0.1) is 19.6 Å². The zero-order valence-corrected chi connectivity index (χ0v) is 11.8. The van der Waals surface area contributed by atoms with Gasteiger partial charge >= 0.3 is 6.01 Å². The first-order valence-electron chi connectivity index (χ1n) is 7.40.